The van der Waals surface area contributed by atoms with Crippen LogP contribution in [-0.4, -0.2) is 5.91 Å². The molecule has 0 saturated carbocycles. The number of hydrogen-bond acceptors (Lipinski definition) is 2. The predicted molar refractivity (Wildman–Crippen MR) is 82.3 cm³/mol. The minimum atomic E-state index is -0.0175. The van der Waals surface area contributed by atoms with Crippen molar-refractivity contribution >= 4 is 22.9 Å². The van der Waals surface area contributed by atoms with Crippen LogP contribution in [0.1, 0.15) is 38.2 Å². The first-order valence-electron chi connectivity index (χ1n) is 6.49. The van der Waals surface area contributed by atoms with E-state index in [4.69, 9.17) is 0 Å². The summed E-state index contributed by atoms with van der Waals surface area (Å²) in [6, 6.07) is 7.98. The van der Waals surface area contributed by atoms with Crippen molar-refractivity contribution in [1.29, 1.82) is 0 Å². The van der Waals surface area contributed by atoms with Crippen molar-refractivity contribution in [2.75, 3.05) is 5.32 Å². The van der Waals surface area contributed by atoms with E-state index in [2.05, 4.69) is 33.0 Å². The predicted octanol–water partition coefficient (Wildman–Crippen LogP) is 4.49. The van der Waals surface area contributed by atoms with Gasteiger partial charge in [-0.15, -0.1) is 11.3 Å². The molecule has 2 aromatic rings. The Morgan fingerprint density at radius 1 is 1.16 bits per heavy atom. The van der Waals surface area contributed by atoms with Crippen LogP contribution in [0, 0.1) is 20.8 Å². The quantitative estimate of drug-likeness (QED) is 0.877. The Balaban J connectivity index is 2.18. The van der Waals surface area contributed by atoms with Crippen molar-refractivity contribution < 1.29 is 4.79 Å². The van der Waals surface area contributed by atoms with Gasteiger partial charge in [0.25, 0.3) is 5.91 Å². The fourth-order valence-corrected chi connectivity index (χ4v) is 3.00. The largest absolute Gasteiger partial charge is 0.321 e. The zero-order valence-corrected chi connectivity index (χ0v) is 12.6. The van der Waals surface area contributed by atoms with Crippen molar-refractivity contribution in [2.45, 2.75) is 34.1 Å². The molecule has 19 heavy (non-hydrogen) atoms. The molecule has 2 rings (SSSR count). The summed E-state index contributed by atoms with van der Waals surface area (Å²) in [5.74, 6) is -0.0175. The maximum atomic E-state index is 12.2. The smallest absolute Gasteiger partial charge is 0.265 e. The van der Waals surface area contributed by atoms with E-state index in [1.807, 2.05) is 24.3 Å². The second-order valence-corrected chi connectivity index (χ2v) is 6.06. The molecule has 0 unspecified atom stereocenters. The number of carbonyl (C=O) groups is 1. The van der Waals surface area contributed by atoms with E-state index in [1.165, 1.54) is 21.6 Å². The number of benzene rings is 1. The van der Waals surface area contributed by atoms with Crippen LogP contribution in [0.3, 0.4) is 0 Å². The van der Waals surface area contributed by atoms with Gasteiger partial charge in [0.15, 0.2) is 0 Å². The first-order chi connectivity index (χ1) is 9.01. The monoisotopic (exact) mass is 273 g/mol. The topological polar surface area (TPSA) is 29.1 Å². The number of aryl methyl sites for hydroxylation is 4. The molecule has 3 heteroatoms. The molecule has 0 radical (unpaired) electrons. The summed E-state index contributed by atoms with van der Waals surface area (Å²) in [5.41, 5.74) is 4.54. The van der Waals surface area contributed by atoms with Gasteiger partial charge in [-0.25, -0.2) is 0 Å². The van der Waals surface area contributed by atoms with Crippen molar-refractivity contribution in [1.82, 2.24) is 0 Å². The van der Waals surface area contributed by atoms with Crippen LogP contribution in [0.15, 0.2) is 24.3 Å². The van der Waals surface area contributed by atoms with Gasteiger partial charge in [-0.2, -0.15) is 0 Å². The van der Waals surface area contributed by atoms with Crippen LogP contribution in [-0.2, 0) is 6.42 Å². The Morgan fingerprint density at radius 2 is 1.89 bits per heavy atom. The number of anilines is 1. The van der Waals surface area contributed by atoms with E-state index < -0.39 is 0 Å². The number of thiophene rings is 1. The van der Waals surface area contributed by atoms with E-state index in [9.17, 15) is 4.79 Å². The molecule has 0 aliphatic heterocycles. The van der Waals surface area contributed by atoms with Crippen LogP contribution >= 0.6 is 11.3 Å². The summed E-state index contributed by atoms with van der Waals surface area (Å²) < 4.78 is 0. The Morgan fingerprint density at radius 3 is 2.47 bits per heavy atom. The fraction of sp³-hybridized carbons (Fsp3) is 0.312. The number of amides is 1. The van der Waals surface area contributed by atoms with Crippen molar-refractivity contribution in [2.24, 2.45) is 0 Å². The highest BCUT2D eigenvalue weighted by Crippen LogP contribution is 2.23. The van der Waals surface area contributed by atoms with Crippen LogP contribution in [0.25, 0.3) is 0 Å². The Hall–Kier alpha value is -1.61. The number of hydrogen-bond donors (Lipinski definition) is 1. The molecule has 0 aliphatic carbocycles. The lowest BCUT2D eigenvalue weighted by Crippen LogP contribution is -2.10. The zero-order chi connectivity index (χ0) is 14.0. The molecule has 0 bridgehead atoms. The SMILES string of the molecule is CCc1cc(C(=O)Nc2ccc(C)c(C)c2)sc1C. The van der Waals surface area contributed by atoms with Gasteiger partial charge < -0.3 is 5.32 Å². The third-order valence-electron chi connectivity index (χ3n) is 3.39. The molecule has 0 fully saturated rings. The lowest BCUT2D eigenvalue weighted by molar-refractivity contribution is 0.103. The fourth-order valence-electron chi connectivity index (χ4n) is 1.99. The van der Waals surface area contributed by atoms with Gasteiger partial charge in [-0.1, -0.05) is 13.0 Å². The third kappa shape index (κ3) is 3.04. The highest BCUT2D eigenvalue weighted by molar-refractivity contribution is 7.14. The van der Waals surface area contributed by atoms with Gasteiger partial charge in [0, 0.05) is 10.6 Å². The molecule has 0 saturated heterocycles. The van der Waals surface area contributed by atoms with E-state index in [-0.39, 0.29) is 5.91 Å². The van der Waals surface area contributed by atoms with Crippen molar-refractivity contribution in [3.63, 3.8) is 0 Å². The Labute approximate surface area is 118 Å². The van der Waals surface area contributed by atoms with Gasteiger partial charge in [0.2, 0.25) is 0 Å². The normalized spacial score (nSPS) is 10.5. The molecule has 1 aromatic heterocycles. The van der Waals surface area contributed by atoms with Crippen LogP contribution in [0.5, 0.6) is 0 Å². The highest BCUT2D eigenvalue weighted by Gasteiger charge is 2.12. The van der Waals surface area contributed by atoms with Gasteiger partial charge in [-0.05, 0) is 62.1 Å². The summed E-state index contributed by atoms with van der Waals surface area (Å²) in [4.78, 5) is 14.2. The number of rotatable bonds is 3. The first kappa shape index (κ1) is 13.8. The highest BCUT2D eigenvalue weighted by atomic mass is 32.1. The molecular formula is C16H19NOS. The van der Waals surface area contributed by atoms with E-state index in [0.717, 1.165) is 17.0 Å². The average molecular weight is 273 g/mol. The maximum absolute atomic E-state index is 12.2. The minimum absolute atomic E-state index is 0.0175. The summed E-state index contributed by atoms with van der Waals surface area (Å²) in [6.07, 6.45) is 0.971. The molecule has 0 atom stereocenters. The molecular weight excluding hydrogens is 254 g/mol. The average Bonchev–Trinajstić information content (AvgIpc) is 2.75. The minimum Gasteiger partial charge on any atom is -0.321 e. The molecule has 1 heterocycles. The van der Waals surface area contributed by atoms with Crippen molar-refractivity contribution in [3.8, 4) is 0 Å². The molecule has 1 N–H and O–H groups in total. The van der Waals surface area contributed by atoms with E-state index in [0.29, 0.717) is 0 Å². The summed E-state index contributed by atoms with van der Waals surface area (Å²) in [7, 11) is 0. The van der Waals surface area contributed by atoms with Crippen molar-refractivity contribution in [3.05, 3.63) is 50.7 Å². The molecule has 0 aliphatic rings. The first-order valence-corrected chi connectivity index (χ1v) is 7.30. The Kier molecular flexibility index (Phi) is 4.05. The van der Waals surface area contributed by atoms with Gasteiger partial charge in [-0.3, -0.25) is 4.79 Å². The second kappa shape index (κ2) is 5.57. The molecule has 2 nitrogen and oxygen atoms in total. The van der Waals surface area contributed by atoms with Crippen LogP contribution < -0.4 is 5.32 Å². The Bertz CT molecular complexity index is 613. The van der Waals surface area contributed by atoms with Gasteiger partial charge in [0.05, 0.1) is 4.88 Å². The lowest BCUT2D eigenvalue weighted by Gasteiger charge is -2.06. The lowest BCUT2D eigenvalue weighted by atomic mass is 10.1. The third-order valence-corrected chi connectivity index (χ3v) is 4.48. The molecule has 0 spiro atoms. The van der Waals surface area contributed by atoms with Crippen LogP contribution in [0.2, 0.25) is 0 Å². The zero-order valence-electron chi connectivity index (χ0n) is 11.8. The molecule has 1 amide bonds. The summed E-state index contributed by atoms with van der Waals surface area (Å²) >= 11 is 1.56. The van der Waals surface area contributed by atoms with Gasteiger partial charge in [0.1, 0.15) is 0 Å². The number of carbonyl (C=O) groups excluding carboxylic acids is 1. The summed E-state index contributed by atoms with van der Waals surface area (Å²) in [6.45, 7) is 8.29. The second-order valence-electron chi connectivity index (χ2n) is 4.80. The molecule has 100 valence electrons. The summed E-state index contributed by atoms with van der Waals surface area (Å²) in [5, 5.41) is 2.96. The van der Waals surface area contributed by atoms with Gasteiger partial charge >= 0.3 is 0 Å². The number of nitrogens with one attached hydrogen (secondary N) is 1. The molecule has 1 aromatic carbocycles. The van der Waals surface area contributed by atoms with Crippen LogP contribution in [0.4, 0.5) is 5.69 Å². The van der Waals surface area contributed by atoms with E-state index in [1.54, 1.807) is 11.3 Å². The standard InChI is InChI=1S/C16H19NOS/c1-5-13-9-15(19-12(13)4)16(18)17-14-7-6-10(2)11(3)8-14/h6-9H,5H2,1-4H3,(H,17,18). The maximum Gasteiger partial charge on any atom is 0.265 e. The van der Waals surface area contributed by atoms with E-state index >= 15 is 0 Å².